The SMILES string of the molecule is C=C(c1ccc(OC)cc1)n1ccnc(Nc2ccc(NCC3CCN(C)CC3)c(C)c2)c1=N. The van der Waals surface area contributed by atoms with Crippen LogP contribution in [0.15, 0.2) is 61.4 Å². The fraction of sp³-hybridized carbons (Fsp3) is 0.333. The van der Waals surface area contributed by atoms with Crippen molar-refractivity contribution in [1.29, 1.82) is 5.41 Å². The molecule has 7 heteroatoms. The minimum Gasteiger partial charge on any atom is -0.497 e. The minimum absolute atomic E-state index is 0.241. The van der Waals surface area contributed by atoms with Crippen molar-refractivity contribution in [2.24, 2.45) is 5.92 Å². The summed E-state index contributed by atoms with van der Waals surface area (Å²) in [5, 5.41) is 15.6. The van der Waals surface area contributed by atoms with Crippen molar-refractivity contribution >= 4 is 22.9 Å². The van der Waals surface area contributed by atoms with Crippen molar-refractivity contribution in [3.63, 3.8) is 0 Å². The highest BCUT2D eigenvalue weighted by molar-refractivity contribution is 5.66. The van der Waals surface area contributed by atoms with Crippen LogP contribution in [0.5, 0.6) is 5.75 Å². The number of nitrogens with one attached hydrogen (secondary N) is 3. The van der Waals surface area contributed by atoms with Crippen LogP contribution in [0.25, 0.3) is 5.70 Å². The molecule has 0 atom stereocenters. The quantitative estimate of drug-likeness (QED) is 0.456. The average molecular weight is 459 g/mol. The molecular weight excluding hydrogens is 424 g/mol. The third-order valence-electron chi connectivity index (χ3n) is 6.51. The largest absolute Gasteiger partial charge is 0.497 e. The molecular formula is C27H34N6O. The molecule has 34 heavy (non-hydrogen) atoms. The van der Waals surface area contributed by atoms with Crippen LogP contribution in [0.3, 0.4) is 0 Å². The molecule has 3 aromatic rings. The molecule has 1 aliphatic rings. The van der Waals surface area contributed by atoms with Gasteiger partial charge in [-0.3, -0.25) is 9.98 Å². The van der Waals surface area contributed by atoms with Crippen molar-refractivity contribution in [2.75, 3.05) is 44.4 Å². The molecule has 0 radical (unpaired) electrons. The number of aromatic nitrogens is 2. The smallest absolute Gasteiger partial charge is 0.173 e. The summed E-state index contributed by atoms with van der Waals surface area (Å²) in [4.78, 5) is 6.79. The number of anilines is 3. The number of ether oxygens (including phenoxy) is 1. The van der Waals surface area contributed by atoms with Gasteiger partial charge in [-0.2, -0.15) is 0 Å². The lowest BCUT2D eigenvalue weighted by Crippen LogP contribution is -2.33. The molecule has 0 unspecified atom stereocenters. The lowest BCUT2D eigenvalue weighted by atomic mass is 9.97. The van der Waals surface area contributed by atoms with Gasteiger partial charge in [0.2, 0.25) is 0 Å². The number of piperidine rings is 1. The Labute approximate surface area is 201 Å². The topological polar surface area (TPSA) is 78.2 Å². The van der Waals surface area contributed by atoms with Gasteiger partial charge >= 0.3 is 0 Å². The number of aryl methyl sites for hydroxylation is 1. The van der Waals surface area contributed by atoms with Crippen molar-refractivity contribution < 1.29 is 4.74 Å². The molecule has 0 aliphatic carbocycles. The third-order valence-corrected chi connectivity index (χ3v) is 6.51. The van der Waals surface area contributed by atoms with Crippen molar-refractivity contribution in [2.45, 2.75) is 19.8 Å². The first kappa shape index (κ1) is 23.6. The van der Waals surface area contributed by atoms with Gasteiger partial charge in [-0.05, 0) is 99.4 Å². The van der Waals surface area contributed by atoms with Crippen molar-refractivity contribution in [1.82, 2.24) is 14.5 Å². The van der Waals surface area contributed by atoms with E-state index in [-0.39, 0.29) is 5.49 Å². The van der Waals surface area contributed by atoms with E-state index in [1.807, 2.05) is 30.3 Å². The van der Waals surface area contributed by atoms with E-state index in [9.17, 15) is 0 Å². The van der Waals surface area contributed by atoms with Crippen LogP contribution in [-0.2, 0) is 0 Å². The summed E-state index contributed by atoms with van der Waals surface area (Å²) in [6.45, 7) is 9.65. The molecule has 2 aromatic carbocycles. The van der Waals surface area contributed by atoms with Gasteiger partial charge in [0.1, 0.15) is 5.75 Å². The molecule has 1 fully saturated rings. The van der Waals surface area contributed by atoms with Gasteiger partial charge in [0.05, 0.1) is 7.11 Å². The predicted molar refractivity (Wildman–Crippen MR) is 139 cm³/mol. The number of rotatable bonds is 8. The summed E-state index contributed by atoms with van der Waals surface area (Å²) in [6.07, 6.45) is 5.92. The van der Waals surface area contributed by atoms with E-state index in [2.05, 4.69) is 53.2 Å². The number of hydrogen-bond acceptors (Lipinski definition) is 6. The molecule has 0 bridgehead atoms. The van der Waals surface area contributed by atoms with Crippen molar-refractivity contribution in [3.8, 4) is 5.75 Å². The Morgan fingerprint density at radius 3 is 2.59 bits per heavy atom. The molecule has 0 spiro atoms. The number of methoxy groups -OCH3 is 1. The van der Waals surface area contributed by atoms with Gasteiger partial charge in [0.25, 0.3) is 0 Å². The summed E-state index contributed by atoms with van der Waals surface area (Å²) >= 11 is 0. The Hall–Kier alpha value is -3.58. The van der Waals surface area contributed by atoms with Gasteiger partial charge in [0.15, 0.2) is 11.3 Å². The summed E-state index contributed by atoms with van der Waals surface area (Å²) in [5.74, 6) is 1.98. The fourth-order valence-electron chi connectivity index (χ4n) is 4.26. The van der Waals surface area contributed by atoms with E-state index in [4.69, 9.17) is 10.1 Å². The van der Waals surface area contributed by atoms with Crippen LogP contribution < -0.4 is 20.9 Å². The fourth-order valence-corrected chi connectivity index (χ4v) is 4.26. The second kappa shape index (κ2) is 10.6. The summed E-state index contributed by atoms with van der Waals surface area (Å²) < 4.78 is 6.96. The highest BCUT2D eigenvalue weighted by atomic mass is 16.5. The van der Waals surface area contributed by atoms with Crippen LogP contribution in [0.2, 0.25) is 0 Å². The summed E-state index contributed by atoms with van der Waals surface area (Å²) in [7, 11) is 3.83. The summed E-state index contributed by atoms with van der Waals surface area (Å²) in [5.41, 5.74) is 5.06. The number of nitrogens with zero attached hydrogens (tertiary/aromatic N) is 3. The number of hydrogen-bond donors (Lipinski definition) is 3. The molecule has 7 nitrogen and oxygen atoms in total. The molecule has 4 rings (SSSR count). The Bertz CT molecular complexity index is 1190. The maximum atomic E-state index is 8.68. The van der Waals surface area contributed by atoms with E-state index < -0.39 is 0 Å². The van der Waals surface area contributed by atoms with Gasteiger partial charge in [0, 0.05) is 36.0 Å². The maximum Gasteiger partial charge on any atom is 0.173 e. The second-order valence-corrected chi connectivity index (χ2v) is 8.95. The van der Waals surface area contributed by atoms with E-state index in [1.54, 1.807) is 24.1 Å². The zero-order valence-electron chi connectivity index (χ0n) is 20.3. The van der Waals surface area contributed by atoms with Crippen LogP contribution in [0.1, 0.15) is 24.0 Å². The first-order valence-electron chi connectivity index (χ1n) is 11.7. The Kier molecular flexibility index (Phi) is 7.33. The molecule has 1 aliphatic heterocycles. The monoisotopic (exact) mass is 458 g/mol. The normalized spacial score (nSPS) is 14.6. The Morgan fingerprint density at radius 2 is 1.91 bits per heavy atom. The molecule has 1 aromatic heterocycles. The zero-order valence-corrected chi connectivity index (χ0v) is 20.3. The second-order valence-electron chi connectivity index (χ2n) is 8.95. The first-order chi connectivity index (χ1) is 16.4. The molecule has 2 heterocycles. The van der Waals surface area contributed by atoms with E-state index >= 15 is 0 Å². The zero-order chi connectivity index (χ0) is 24.1. The average Bonchev–Trinajstić information content (AvgIpc) is 2.85. The highest BCUT2D eigenvalue weighted by Crippen LogP contribution is 2.24. The third kappa shape index (κ3) is 5.48. The molecule has 0 amide bonds. The maximum absolute atomic E-state index is 8.68. The van der Waals surface area contributed by atoms with Gasteiger partial charge in [-0.25, -0.2) is 4.98 Å². The van der Waals surface area contributed by atoms with Gasteiger partial charge in [-0.1, -0.05) is 6.58 Å². The van der Waals surface area contributed by atoms with Crippen LogP contribution >= 0.6 is 0 Å². The number of benzene rings is 2. The van der Waals surface area contributed by atoms with Crippen LogP contribution in [0, 0.1) is 18.3 Å². The Morgan fingerprint density at radius 1 is 1.18 bits per heavy atom. The van der Waals surface area contributed by atoms with E-state index in [1.165, 1.54) is 25.9 Å². The van der Waals surface area contributed by atoms with Gasteiger partial charge in [-0.15, -0.1) is 0 Å². The standard InChI is InChI=1S/C27H34N6O/c1-19-17-23(7-10-25(19)30-18-21-11-14-32(3)15-12-21)31-27-26(28)33(16-13-29-27)20(2)22-5-8-24(34-4)9-6-22/h5-10,13,16-17,21,28,30H,2,11-12,14-15,18H2,1,3-4H3,(H,29,31). The predicted octanol–water partition coefficient (Wildman–Crippen LogP) is 4.70. The highest BCUT2D eigenvalue weighted by Gasteiger charge is 2.16. The first-order valence-corrected chi connectivity index (χ1v) is 11.7. The van der Waals surface area contributed by atoms with E-state index in [0.717, 1.165) is 40.7 Å². The molecule has 3 N–H and O–H groups in total. The molecule has 178 valence electrons. The summed E-state index contributed by atoms with van der Waals surface area (Å²) in [6, 6.07) is 13.9. The van der Waals surface area contributed by atoms with Crippen molar-refractivity contribution in [3.05, 3.63) is 78.1 Å². The lowest BCUT2D eigenvalue weighted by molar-refractivity contribution is 0.226. The molecule has 0 saturated carbocycles. The number of likely N-dealkylation sites (tertiary alicyclic amines) is 1. The lowest BCUT2D eigenvalue weighted by Gasteiger charge is -2.29. The Balaban J connectivity index is 1.44. The molecule has 1 saturated heterocycles. The van der Waals surface area contributed by atoms with Gasteiger partial charge < -0.3 is 20.3 Å². The van der Waals surface area contributed by atoms with Crippen LogP contribution in [0.4, 0.5) is 17.2 Å². The minimum atomic E-state index is 0.241. The van der Waals surface area contributed by atoms with E-state index in [0.29, 0.717) is 11.5 Å². The van der Waals surface area contributed by atoms with Crippen LogP contribution in [-0.4, -0.2) is 48.2 Å².